The van der Waals surface area contributed by atoms with Crippen LogP contribution in [0.1, 0.15) is 27.6 Å². The Balaban J connectivity index is 3.27. The standard InChI is InChI=1S/C11H10F2O4/c1-11(12,13)9(14)7-4-3-6(10(15)16)5-8(7)17-2/h3-5H,1-2H3,(H,15,16). The third-order valence-electron chi connectivity index (χ3n) is 2.09. The summed E-state index contributed by atoms with van der Waals surface area (Å²) in [5.74, 6) is -6.36. The summed E-state index contributed by atoms with van der Waals surface area (Å²) in [5.41, 5.74) is -0.484. The van der Waals surface area contributed by atoms with Gasteiger partial charge in [0.2, 0.25) is 5.78 Å². The van der Waals surface area contributed by atoms with Crippen LogP contribution in [0.25, 0.3) is 0 Å². The Morgan fingerprint density at radius 2 is 1.94 bits per heavy atom. The minimum Gasteiger partial charge on any atom is -0.496 e. The van der Waals surface area contributed by atoms with Crippen molar-refractivity contribution in [3.8, 4) is 5.75 Å². The zero-order valence-electron chi connectivity index (χ0n) is 9.16. The van der Waals surface area contributed by atoms with Crippen molar-refractivity contribution in [2.75, 3.05) is 7.11 Å². The van der Waals surface area contributed by atoms with Crippen LogP contribution >= 0.6 is 0 Å². The second kappa shape index (κ2) is 4.48. The van der Waals surface area contributed by atoms with Crippen molar-refractivity contribution >= 4 is 11.8 Å². The Kier molecular flexibility index (Phi) is 3.45. The smallest absolute Gasteiger partial charge is 0.335 e. The van der Waals surface area contributed by atoms with Gasteiger partial charge >= 0.3 is 11.9 Å². The van der Waals surface area contributed by atoms with Gasteiger partial charge in [0.1, 0.15) is 5.75 Å². The van der Waals surface area contributed by atoms with Gasteiger partial charge < -0.3 is 9.84 Å². The molecule has 6 heteroatoms. The molecule has 0 atom stereocenters. The second-order valence-electron chi connectivity index (χ2n) is 3.44. The molecule has 0 spiro atoms. The molecule has 0 aliphatic rings. The number of hydrogen-bond donors (Lipinski definition) is 1. The van der Waals surface area contributed by atoms with Crippen molar-refractivity contribution < 1.29 is 28.2 Å². The number of carboxylic acids is 1. The predicted molar refractivity (Wildman–Crippen MR) is 54.9 cm³/mol. The summed E-state index contributed by atoms with van der Waals surface area (Å²) in [7, 11) is 1.17. The number of benzene rings is 1. The number of alkyl halides is 2. The highest BCUT2D eigenvalue weighted by atomic mass is 19.3. The first-order valence-electron chi connectivity index (χ1n) is 4.61. The molecule has 0 bridgehead atoms. The van der Waals surface area contributed by atoms with E-state index in [1.807, 2.05) is 0 Å². The third-order valence-corrected chi connectivity index (χ3v) is 2.09. The number of Topliss-reactive ketones (excluding diaryl/α,β-unsaturated/α-hetero) is 1. The Morgan fingerprint density at radius 3 is 2.35 bits per heavy atom. The van der Waals surface area contributed by atoms with E-state index in [-0.39, 0.29) is 16.9 Å². The molecular weight excluding hydrogens is 234 g/mol. The Hall–Kier alpha value is -1.98. The summed E-state index contributed by atoms with van der Waals surface area (Å²) < 4.78 is 30.4. The molecule has 0 aromatic heterocycles. The number of carboxylic acid groups (broad SMARTS) is 1. The summed E-state index contributed by atoms with van der Waals surface area (Å²) in [6.45, 7) is 0.472. The average molecular weight is 244 g/mol. The summed E-state index contributed by atoms with van der Waals surface area (Å²) in [6.07, 6.45) is 0. The van der Waals surface area contributed by atoms with Crippen LogP contribution in [0.15, 0.2) is 18.2 Å². The Labute approximate surface area is 95.8 Å². The number of aromatic carboxylic acids is 1. The SMILES string of the molecule is COc1cc(C(=O)O)ccc1C(=O)C(C)(F)F. The van der Waals surface area contributed by atoms with E-state index in [0.29, 0.717) is 6.92 Å². The second-order valence-corrected chi connectivity index (χ2v) is 3.44. The molecule has 0 amide bonds. The molecule has 0 saturated carbocycles. The minimum absolute atomic E-state index is 0.141. The predicted octanol–water partition coefficient (Wildman–Crippen LogP) is 2.23. The molecule has 0 aliphatic heterocycles. The van der Waals surface area contributed by atoms with E-state index in [2.05, 4.69) is 0 Å². The van der Waals surface area contributed by atoms with Crippen molar-refractivity contribution in [2.24, 2.45) is 0 Å². The highest BCUT2D eigenvalue weighted by Crippen LogP contribution is 2.27. The maximum atomic E-state index is 12.9. The number of carbonyl (C=O) groups excluding carboxylic acids is 1. The molecule has 1 aromatic rings. The summed E-state index contributed by atoms with van der Waals surface area (Å²) >= 11 is 0. The van der Waals surface area contributed by atoms with Gasteiger partial charge in [0.05, 0.1) is 18.2 Å². The number of methoxy groups -OCH3 is 1. The van der Waals surface area contributed by atoms with Crippen LogP contribution in [0.5, 0.6) is 5.75 Å². The maximum absolute atomic E-state index is 12.9. The molecule has 17 heavy (non-hydrogen) atoms. The van der Waals surface area contributed by atoms with E-state index < -0.39 is 17.7 Å². The lowest BCUT2D eigenvalue weighted by Gasteiger charge is -2.12. The van der Waals surface area contributed by atoms with Crippen LogP contribution in [-0.2, 0) is 0 Å². The molecule has 4 nitrogen and oxygen atoms in total. The van der Waals surface area contributed by atoms with Crippen LogP contribution in [0.4, 0.5) is 8.78 Å². The molecule has 0 fully saturated rings. The summed E-state index contributed by atoms with van der Waals surface area (Å²) in [4.78, 5) is 22.0. The van der Waals surface area contributed by atoms with Crippen molar-refractivity contribution in [2.45, 2.75) is 12.8 Å². The summed E-state index contributed by atoms with van der Waals surface area (Å²) in [5, 5.41) is 8.71. The lowest BCUT2D eigenvalue weighted by atomic mass is 10.0. The number of carbonyl (C=O) groups is 2. The monoisotopic (exact) mass is 244 g/mol. The van der Waals surface area contributed by atoms with E-state index in [4.69, 9.17) is 9.84 Å². The first-order valence-corrected chi connectivity index (χ1v) is 4.61. The van der Waals surface area contributed by atoms with Gasteiger partial charge in [-0.2, -0.15) is 8.78 Å². The zero-order valence-corrected chi connectivity index (χ0v) is 9.16. The molecule has 1 N–H and O–H groups in total. The van der Waals surface area contributed by atoms with E-state index in [1.165, 1.54) is 7.11 Å². The third kappa shape index (κ3) is 2.77. The summed E-state index contributed by atoms with van der Waals surface area (Å²) in [6, 6.07) is 3.12. The lowest BCUT2D eigenvalue weighted by molar-refractivity contribution is 0.0219. The highest BCUT2D eigenvalue weighted by molar-refractivity contribution is 6.04. The lowest BCUT2D eigenvalue weighted by Crippen LogP contribution is -2.25. The first-order chi connectivity index (χ1) is 7.77. The quantitative estimate of drug-likeness (QED) is 0.825. The van der Waals surface area contributed by atoms with Crippen LogP contribution in [-0.4, -0.2) is 29.9 Å². The van der Waals surface area contributed by atoms with Crippen LogP contribution in [0.3, 0.4) is 0 Å². The molecule has 0 unspecified atom stereocenters. The fraction of sp³-hybridized carbons (Fsp3) is 0.273. The highest BCUT2D eigenvalue weighted by Gasteiger charge is 2.35. The average Bonchev–Trinajstić information content (AvgIpc) is 2.25. The molecular formula is C11H10F2O4. The molecule has 1 aromatic carbocycles. The van der Waals surface area contributed by atoms with Gasteiger partial charge in [-0.25, -0.2) is 4.79 Å². The normalized spacial score (nSPS) is 11.1. The zero-order chi connectivity index (χ0) is 13.2. The van der Waals surface area contributed by atoms with Gasteiger partial charge in [0, 0.05) is 6.92 Å². The van der Waals surface area contributed by atoms with Crippen molar-refractivity contribution in [3.63, 3.8) is 0 Å². The molecule has 0 saturated heterocycles. The number of ether oxygens (including phenoxy) is 1. The Bertz CT molecular complexity index is 463. The van der Waals surface area contributed by atoms with Gasteiger partial charge in [-0.05, 0) is 18.2 Å². The van der Waals surface area contributed by atoms with E-state index in [1.54, 1.807) is 0 Å². The minimum atomic E-state index is -3.53. The van der Waals surface area contributed by atoms with Crippen molar-refractivity contribution in [1.82, 2.24) is 0 Å². The van der Waals surface area contributed by atoms with Gasteiger partial charge in [0.25, 0.3) is 0 Å². The number of ketones is 1. The fourth-order valence-corrected chi connectivity index (χ4v) is 1.25. The number of halogens is 2. The number of rotatable bonds is 4. The van der Waals surface area contributed by atoms with Crippen molar-refractivity contribution in [1.29, 1.82) is 0 Å². The van der Waals surface area contributed by atoms with Gasteiger partial charge in [-0.15, -0.1) is 0 Å². The van der Waals surface area contributed by atoms with Crippen LogP contribution in [0.2, 0.25) is 0 Å². The van der Waals surface area contributed by atoms with Crippen LogP contribution < -0.4 is 4.74 Å². The van der Waals surface area contributed by atoms with Crippen molar-refractivity contribution in [3.05, 3.63) is 29.3 Å². The molecule has 1 rings (SSSR count). The first kappa shape index (κ1) is 13.1. The van der Waals surface area contributed by atoms with E-state index in [9.17, 15) is 18.4 Å². The van der Waals surface area contributed by atoms with Gasteiger partial charge in [-0.1, -0.05) is 0 Å². The van der Waals surface area contributed by atoms with E-state index >= 15 is 0 Å². The Morgan fingerprint density at radius 1 is 1.35 bits per heavy atom. The maximum Gasteiger partial charge on any atom is 0.335 e. The molecule has 92 valence electrons. The molecule has 0 radical (unpaired) electrons. The van der Waals surface area contributed by atoms with Crippen LogP contribution in [0, 0.1) is 0 Å². The van der Waals surface area contributed by atoms with Gasteiger partial charge in [-0.3, -0.25) is 4.79 Å². The topological polar surface area (TPSA) is 63.6 Å². The largest absolute Gasteiger partial charge is 0.496 e. The molecule has 0 aliphatic carbocycles. The van der Waals surface area contributed by atoms with Gasteiger partial charge in [0.15, 0.2) is 0 Å². The molecule has 0 heterocycles. The van der Waals surface area contributed by atoms with E-state index in [0.717, 1.165) is 18.2 Å². The number of hydrogen-bond acceptors (Lipinski definition) is 3. The fourth-order valence-electron chi connectivity index (χ4n) is 1.25.